The molecule has 10 heteroatoms. The first-order valence-electron chi connectivity index (χ1n) is 14.3. The van der Waals surface area contributed by atoms with Crippen LogP contribution in [0.1, 0.15) is 57.1 Å². The Labute approximate surface area is 237 Å². The van der Waals surface area contributed by atoms with Gasteiger partial charge in [0.1, 0.15) is 24.1 Å². The van der Waals surface area contributed by atoms with Crippen molar-refractivity contribution in [3.8, 4) is 16.9 Å². The molecule has 1 saturated heterocycles. The second-order valence-electron chi connectivity index (χ2n) is 11.5. The molecule has 2 aromatic carbocycles. The molecule has 0 unspecified atom stereocenters. The Hall–Kier alpha value is -3.79. The summed E-state index contributed by atoms with van der Waals surface area (Å²) in [6.45, 7) is 9.24. The van der Waals surface area contributed by atoms with Gasteiger partial charge in [0.2, 0.25) is 5.91 Å². The number of hydrogen-bond donors (Lipinski definition) is 1. The van der Waals surface area contributed by atoms with Gasteiger partial charge in [0.05, 0.1) is 11.6 Å². The van der Waals surface area contributed by atoms with E-state index < -0.39 is 17.3 Å². The zero-order valence-electron chi connectivity index (χ0n) is 23.4. The minimum Gasteiger partial charge on any atom is -0.489 e. The highest BCUT2D eigenvalue weighted by atomic mass is 19.1. The Morgan fingerprint density at radius 1 is 1.20 bits per heavy atom. The van der Waals surface area contributed by atoms with Crippen LogP contribution in [0, 0.1) is 11.6 Å². The minimum absolute atomic E-state index is 0.125. The first-order valence-corrected chi connectivity index (χ1v) is 14.3. The Bertz CT molecular complexity index is 1600. The maximum Gasteiger partial charge on any atom is 0.350 e. The third-order valence-electron chi connectivity index (χ3n) is 8.64. The molecule has 0 radical (unpaired) electrons. The van der Waals surface area contributed by atoms with E-state index in [1.165, 1.54) is 18.2 Å². The number of carbonyl (C=O) groups is 1. The quantitative estimate of drug-likeness (QED) is 0.426. The molecule has 6 rings (SSSR count). The smallest absolute Gasteiger partial charge is 0.350 e. The van der Waals surface area contributed by atoms with Crippen LogP contribution in [0.2, 0.25) is 0 Å². The molecule has 216 valence electrons. The molecular formula is C31H35F2N5O3. The van der Waals surface area contributed by atoms with Crippen LogP contribution in [0.25, 0.3) is 22.0 Å². The van der Waals surface area contributed by atoms with E-state index in [-0.39, 0.29) is 42.1 Å². The molecule has 0 bridgehead atoms. The molecule has 3 atom stereocenters. The number of hydrogen-bond acceptors (Lipinski definition) is 6. The number of amides is 1. The molecule has 2 N–H and O–H groups in total. The van der Waals surface area contributed by atoms with Crippen molar-refractivity contribution >= 4 is 22.6 Å². The lowest BCUT2D eigenvalue weighted by molar-refractivity contribution is -0.128. The molecule has 2 aliphatic heterocycles. The van der Waals surface area contributed by atoms with Gasteiger partial charge >= 0.3 is 5.69 Å². The number of benzene rings is 2. The van der Waals surface area contributed by atoms with Crippen LogP contribution in [-0.4, -0.2) is 58.7 Å². The fraction of sp³-hybridized carbons (Fsp3) is 0.452. The molecule has 8 nitrogen and oxygen atoms in total. The molecule has 3 heterocycles. The summed E-state index contributed by atoms with van der Waals surface area (Å²) in [6, 6.07) is 5.07. The van der Waals surface area contributed by atoms with Crippen molar-refractivity contribution in [3.05, 3.63) is 64.6 Å². The summed E-state index contributed by atoms with van der Waals surface area (Å²) in [4.78, 5) is 34.8. The second kappa shape index (κ2) is 10.6. The van der Waals surface area contributed by atoms with Crippen LogP contribution in [0.3, 0.4) is 0 Å². The Balaban J connectivity index is 1.61. The Morgan fingerprint density at radius 2 is 1.98 bits per heavy atom. The van der Waals surface area contributed by atoms with E-state index in [4.69, 9.17) is 10.5 Å². The van der Waals surface area contributed by atoms with Crippen molar-refractivity contribution < 1.29 is 18.3 Å². The van der Waals surface area contributed by atoms with Gasteiger partial charge in [0.25, 0.3) is 0 Å². The molecule has 1 aliphatic carbocycles. The number of nitrogens with zero attached hydrogens (tertiary/aromatic N) is 4. The molecule has 1 saturated carbocycles. The van der Waals surface area contributed by atoms with Crippen LogP contribution < -0.4 is 21.1 Å². The molecular weight excluding hydrogens is 528 g/mol. The zero-order valence-corrected chi connectivity index (χ0v) is 23.4. The number of rotatable bonds is 7. The number of halogens is 2. The van der Waals surface area contributed by atoms with E-state index in [0.717, 1.165) is 29.9 Å². The number of aromatic nitrogens is 2. The number of anilines is 1. The average Bonchev–Trinajstić information content (AvgIpc) is 3.80. The van der Waals surface area contributed by atoms with E-state index in [1.54, 1.807) is 9.47 Å². The topological polar surface area (TPSA) is 93.7 Å². The standard InChI is InChI=1S/C31H35F2N5O3/c1-4-26(39)36-14-18(3)37(15-17(36)2)30-24-13-23(19-7-8-19)27(22-10-9-20(32)12-25(22)33)29-28(24)38(31(40)35-30)21(16-41-29)6-5-11-34/h4,9-10,12-13,17-19,21H,1,5-8,11,14-16,34H2,2-3H3/t17-,18+,21-/m1/s1. The maximum absolute atomic E-state index is 15.3. The van der Waals surface area contributed by atoms with E-state index in [9.17, 15) is 14.0 Å². The summed E-state index contributed by atoms with van der Waals surface area (Å²) in [5.74, 6) is -0.307. The number of ether oxygens (including phenoxy) is 1. The zero-order chi connectivity index (χ0) is 29.0. The van der Waals surface area contributed by atoms with Crippen molar-refractivity contribution in [1.29, 1.82) is 0 Å². The third kappa shape index (κ3) is 4.67. The average molecular weight is 564 g/mol. The van der Waals surface area contributed by atoms with Gasteiger partial charge in [-0.15, -0.1) is 0 Å². The highest BCUT2D eigenvalue weighted by Crippen LogP contribution is 2.52. The lowest BCUT2D eigenvalue weighted by atomic mass is 9.91. The summed E-state index contributed by atoms with van der Waals surface area (Å²) in [5, 5.41) is 0.757. The van der Waals surface area contributed by atoms with E-state index in [1.807, 2.05) is 19.9 Å². The highest BCUT2D eigenvalue weighted by molar-refractivity contribution is 6.01. The van der Waals surface area contributed by atoms with Crippen molar-refractivity contribution in [3.63, 3.8) is 0 Å². The van der Waals surface area contributed by atoms with Gasteiger partial charge in [0, 0.05) is 47.8 Å². The monoisotopic (exact) mass is 563 g/mol. The molecule has 1 aromatic heterocycles. The number of piperazine rings is 1. The number of nitrogens with two attached hydrogens (primary N) is 1. The van der Waals surface area contributed by atoms with E-state index >= 15 is 4.39 Å². The fourth-order valence-electron chi connectivity index (χ4n) is 6.43. The largest absolute Gasteiger partial charge is 0.489 e. The van der Waals surface area contributed by atoms with Crippen molar-refractivity contribution in [2.45, 2.75) is 63.6 Å². The summed E-state index contributed by atoms with van der Waals surface area (Å²) in [7, 11) is 0. The van der Waals surface area contributed by atoms with E-state index in [0.29, 0.717) is 55.1 Å². The normalized spacial score (nSPS) is 22.1. The van der Waals surface area contributed by atoms with Gasteiger partial charge in [-0.25, -0.2) is 13.6 Å². The van der Waals surface area contributed by atoms with Crippen molar-refractivity contribution in [1.82, 2.24) is 14.5 Å². The molecule has 1 amide bonds. The molecule has 0 spiro atoms. The van der Waals surface area contributed by atoms with Gasteiger partial charge in [-0.1, -0.05) is 6.58 Å². The summed E-state index contributed by atoms with van der Waals surface area (Å²) < 4.78 is 37.4. The summed E-state index contributed by atoms with van der Waals surface area (Å²) in [5.41, 5.74) is 7.69. The van der Waals surface area contributed by atoms with Gasteiger partial charge in [0.15, 0.2) is 5.75 Å². The lowest BCUT2D eigenvalue weighted by Gasteiger charge is -2.45. The lowest BCUT2D eigenvalue weighted by Crippen LogP contribution is -2.58. The molecule has 41 heavy (non-hydrogen) atoms. The van der Waals surface area contributed by atoms with Gasteiger partial charge in [-0.2, -0.15) is 4.98 Å². The minimum atomic E-state index is -0.676. The van der Waals surface area contributed by atoms with Crippen LogP contribution in [0.15, 0.2) is 41.7 Å². The highest BCUT2D eigenvalue weighted by Gasteiger charge is 2.38. The van der Waals surface area contributed by atoms with Gasteiger partial charge in [-0.3, -0.25) is 9.36 Å². The first kappa shape index (κ1) is 27.4. The van der Waals surface area contributed by atoms with Crippen molar-refractivity contribution in [2.75, 3.05) is 31.1 Å². The van der Waals surface area contributed by atoms with Crippen molar-refractivity contribution in [2.24, 2.45) is 5.73 Å². The first-order chi connectivity index (χ1) is 19.7. The van der Waals surface area contributed by atoms with Gasteiger partial charge in [-0.05, 0) is 81.8 Å². The fourth-order valence-corrected chi connectivity index (χ4v) is 6.43. The molecule has 2 fully saturated rings. The summed E-state index contributed by atoms with van der Waals surface area (Å²) in [6.07, 6.45) is 4.54. The Kier molecular flexibility index (Phi) is 7.05. The van der Waals surface area contributed by atoms with Crippen LogP contribution >= 0.6 is 0 Å². The SMILES string of the molecule is C=CC(=O)N1C[C@H](C)N(c2nc(=O)n3c4c(c(-c5ccc(F)cc5F)c(C5CC5)cc24)OC[C@H]3CCCN)C[C@H]1C. The van der Waals surface area contributed by atoms with Gasteiger partial charge < -0.3 is 20.3 Å². The van der Waals surface area contributed by atoms with E-state index in [2.05, 4.69) is 16.5 Å². The Morgan fingerprint density at radius 3 is 2.66 bits per heavy atom. The predicted molar refractivity (Wildman–Crippen MR) is 154 cm³/mol. The molecule has 3 aliphatic rings. The van der Waals surface area contributed by atoms with Crippen LogP contribution in [0.4, 0.5) is 14.6 Å². The van der Waals surface area contributed by atoms with Crippen LogP contribution in [0.5, 0.6) is 5.75 Å². The summed E-state index contributed by atoms with van der Waals surface area (Å²) >= 11 is 0. The maximum atomic E-state index is 15.3. The van der Waals surface area contributed by atoms with Crippen LogP contribution in [-0.2, 0) is 4.79 Å². The third-order valence-corrected chi connectivity index (χ3v) is 8.64. The number of carbonyl (C=O) groups excluding carboxylic acids is 1. The molecule has 3 aromatic rings. The predicted octanol–water partition coefficient (Wildman–Crippen LogP) is 4.50. The second-order valence-corrected chi connectivity index (χ2v) is 11.5.